The number of nitrogens with zero attached hydrogens (tertiary/aromatic N) is 3. The number of rotatable bonds is 2. The summed E-state index contributed by atoms with van der Waals surface area (Å²) in [6, 6.07) is 9.55. The zero-order chi connectivity index (χ0) is 9.10. The van der Waals surface area contributed by atoms with Crippen molar-refractivity contribution in [2.45, 2.75) is 6.52 Å². The Kier molecular flexibility index (Phi) is 1.57. The van der Waals surface area contributed by atoms with E-state index in [-0.39, 0.29) is 0 Å². The van der Waals surface area contributed by atoms with E-state index in [0.717, 1.165) is 5.56 Å². The summed E-state index contributed by atoms with van der Waals surface area (Å²) in [5, 5.41) is 3.91. The van der Waals surface area contributed by atoms with E-state index in [1.54, 1.807) is 6.33 Å². The molecule has 0 aliphatic heterocycles. The van der Waals surface area contributed by atoms with Gasteiger partial charge in [-0.1, -0.05) is 30.3 Å². The van der Waals surface area contributed by atoms with Crippen molar-refractivity contribution >= 4 is 0 Å². The highest BCUT2D eigenvalue weighted by molar-refractivity contribution is 5.14. The van der Waals surface area contributed by atoms with Crippen LogP contribution in [0.5, 0.6) is 0 Å². The van der Waals surface area contributed by atoms with Crippen LogP contribution in [0.1, 0.15) is 6.93 Å². The van der Waals surface area contributed by atoms with Crippen LogP contribution in [0.2, 0.25) is 0 Å². The van der Waals surface area contributed by atoms with Crippen molar-refractivity contribution < 1.29 is 1.37 Å². The van der Waals surface area contributed by atoms with Crippen LogP contribution in [-0.2, 0) is 6.52 Å². The fourth-order valence-electron chi connectivity index (χ4n) is 0.976. The van der Waals surface area contributed by atoms with Crippen LogP contribution in [0.25, 0.3) is 0 Å². The summed E-state index contributed by atoms with van der Waals surface area (Å²) in [4.78, 5) is 3.80. The molecule has 12 heavy (non-hydrogen) atoms. The van der Waals surface area contributed by atoms with Crippen molar-refractivity contribution in [2.24, 2.45) is 0 Å². The van der Waals surface area contributed by atoms with Crippen LogP contribution in [0.4, 0.5) is 0 Å². The molecular formula is C9H9N3. The van der Waals surface area contributed by atoms with Crippen LogP contribution in [0.3, 0.4) is 0 Å². The minimum absolute atomic E-state index is 0.497. The van der Waals surface area contributed by atoms with Crippen LogP contribution in [-0.4, -0.2) is 14.8 Å². The second-order valence-corrected chi connectivity index (χ2v) is 2.42. The Morgan fingerprint density at radius 3 is 2.83 bits per heavy atom. The number of aromatic nitrogens is 3. The molecule has 0 fully saturated rings. The molecule has 0 aliphatic carbocycles. The van der Waals surface area contributed by atoms with Gasteiger partial charge in [0.05, 0.1) is 7.89 Å². The van der Waals surface area contributed by atoms with Gasteiger partial charge in [0, 0.05) is 0 Å². The summed E-state index contributed by atoms with van der Waals surface area (Å²) < 4.78 is 9.34. The molecular weight excluding hydrogens is 150 g/mol. The van der Waals surface area contributed by atoms with Gasteiger partial charge in [0.2, 0.25) is 0 Å². The van der Waals surface area contributed by atoms with E-state index >= 15 is 0 Å². The lowest BCUT2D eigenvalue weighted by Crippen LogP contribution is -1.98. The van der Waals surface area contributed by atoms with Gasteiger partial charge in [-0.2, -0.15) is 5.10 Å². The van der Waals surface area contributed by atoms with E-state index in [1.165, 1.54) is 11.0 Å². The highest BCUT2D eigenvalue weighted by Crippen LogP contribution is 1.99. The predicted octanol–water partition coefficient (Wildman–Crippen LogP) is 1.33. The summed E-state index contributed by atoms with van der Waals surface area (Å²) in [7, 11) is 0. The molecule has 2 aromatic rings. The Morgan fingerprint density at radius 1 is 1.33 bits per heavy atom. The van der Waals surface area contributed by atoms with Gasteiger partial charge in [-0.25, -0.2) is 9.67 Å². The minimum atomic E-state index is -0.497. The molecule has 3 heteroatoms. The Hall–Kier alpha value is -1.64. The lowest BCUT2D eigenvalue weighted by atomic mass is 10.2. The molecule has 0 radical (unpaired) electrons. The molecule has 0 saturated carbocycles. The first-order valence-corrected chi connectivity index (χ1v) is 3.69. The molecule has 0 bridgehead atoms. The SMILES string of the molecule is [2H]C(c1ccccc1)n1cncn1. The lowest BCUT2D eigenvalue weighted by molar-refractivity contribution is 0.685. The summed E-state index contributed by atoms with van der Waals surface area (Å²) in [6.07, 6.45) is 2.98. The quantitative estimate of drug-likeness (QED) is 0.663. The summed E-state index contributed by atoms with van der Waals surface area (Å²) in [5.41, 5.74) is 0.910. The van der Waals surface area contributed by atoms with Crippen molar-refractivity contribution in [2.75, 3.05) is 0 Å². The molecule has 0 saturated heterocycles. The normalized spacial score (nSPS) is 13.8. The molecule has 1 aromatic carbocycles. The Bertz CT molecular complexity index is 358. The monoisotopic (exact) mass is 160 g/mol. The molecule has 60 valence electrons. The summed E-state index contributed by atoms with van der Waals surface area (Å²) >= 11 is 0. The minimum Gasteiger partial charge on any atom is -0.249 e. The van der Waals surface area contributed by atoms with E-state index in [0.29, 0.717) is 0 Å². The summed E-state index contributed by atoms with van der Waals surface area (Å²) in [5.74, 6) is 0. The molecule has 0 amide bonds. The Balaban J connectivity index is 2.29. The zero-order valence-electron chi connectivity index (χ0n) is 7.46. The molecule has 0 N–H and O–H groups in total. The van der Waals surface area contributed by atoms with Crippen molar-refractivity contribution in [3.05, 3.63) is 48.5 Å². The van der Waals surface area contributed by atoms with E-state index in [9.17, 15) is 0 Å². The van der Waals surface area contributed by atoms with Gasteiger partial charge in [0.25, 0.3) is 0 Å². The number of hydrogen-bond acceptors (Lipinski definition) is 2. The molecule has 1 atom stereocenters. The first kappa shape index (κ1) is 5.94. The second kappa shape index (κ2) is 3.17. The largest absolute Gasteiger partial charge is 0.249 e. The average Bonchev–Trinajstić information content (AvgIpc) is 2.71. The van der Waals surface area contributed by atoms with E-state index in [1.807, 2.05) is 30.3 Å². The third kappa shape index (κ3) is 1.50. The highest BCUT2D eigenvalue weighted by atomic mass is 15.3. The molecule has 3 nitrogen and oxygen atoms in total. The molecule has 0 spiro atoms. The van der Waals surface area contributed by atoms with Crippen molar-refractivity contribution in [1.29, 1.82) is 0 Å². The molecule has 2 rings (SSSR count). The summed E-state index contributed by atoms with van der Waals surface area (Å²) in [6.45, 7) is -0.497. The number of hydrogen-bond donors (Lipinski definition) is 0. The Morgan fingerprint density at radius 2 is 2.17 bits per heavy atom. The average molecular weight is 160 g/mol. The van der Waals surface area contributed by atoms with Crippen LogP contribution in [0, 0.1) is 0 Å². The maximum absolute atomic E-state index is 7.83. The standard InChI is InChI=1S/C9H9N3/c1-2-4-9(5-3-1)6-12-8-10-7-11-12/h1-5,7-8H,6H2/i6D. The van der Waals surface area contributed by atoms with E-state index < -0.39 is 6.52 Å². The van der Waals surface area contributed by atoms with E-state index in [4.69, 9.17) is 1.37 Å². The van der Waals surface area contributed by atoms with E-state index in [2.05, 4.69) is 10.1 Å². The smallest absolute Gasteiger partial charge is 0.137 e. The zero-order valence-corrected chi connectivity index (χ0v) is 6.46. The van der Waals surface area contributed by atoms with Gasteiger partial charge in [0.1, 0.15) is 12.7 Å². The second-order valence-electron chi connectivity index (χ2n) is 2.42. The van der Waals surface area contributed by atoms with Gasteiger partial charge >= 0.3 is 0 Å². The van der Waals surface area contributed by atoms with Crippen LogP contribution >= 0.6 is 0 Å². The third-order valence-corrected chi connectivity index (χ3v) is 1.52. The molecule has 1 aromatic heterocycles. The molecule has 1 heterocycles. The van der Waals surface area contributed by atoms with Gasteiger partial charge in [-0.05, 0) is 5.56 Å². The maximum Gasteiger partial charge on any atom is 0.137 e. The fourth-order valence-corrected chi connectivity index (χ4v) is 0.976. The van der Waals surface area contributed by atoms with Gasteiger partial charge in [-0.15, -0.1) is 0 Å². The third-order valence-electron chi connectivity index (χ3n) is 1.52. The predicted molar refractivity (Wildman–Crippen MR) is 45.6 cm³/mol. The lowest BCUT2D eigenvalue weighted by Gasteiger charge is -1.98. The first-order chi connectivity index (χ1) is 6.38. The molecule has 1 unspecified atom stereocenters. The van der Waals surface area contributed by atoms with Gasteiger partial charge in [0.15, 0.2) is 0 Å². The van der Waals surface area contributed by atoms with Crippen molar-refractivity contribution in [3.8, 4) is 0 Å². The first-order valence-electron chi connectivity index (χ1n) is 4.27. The maximum atomic E-state index is 7.83. The highest BCUT2D eigenvalue weighted by Gasteiger charge is 1.92. The fraction of sp³-hybridized carbons (Fsp3) is 0.111. The van der Waals surface area contributed by atoms with Gasteiger partial charge in [-0.3, -0.25) is 0 Å². The van der Waals surface area contributed by atoms with Crippen LogP contribution < -0.4 is 0 Å². The topological polar surface area (TPSA) is 30.7 Å². The Labute approximate surface area is 72.1 Å². The van der Waals surface area contributed by atoms with Crippen molar-refractivity contribution in [3.63, 3.8) is 0 Å². The number of benzene rings is 1. The van der Waals surface area contributed by atoms with Crippen LogP contribution in [0.15, 0.2) is 43.0 Å². The molecule has 0 aliphatic rings. The van der Waals surface area contributed by atoms with Crippen molar-refractivity contribution in [1.82, 2.24) is 14.8 Å². The van der Waals surface area contributed by atoms with Gasteiger partial charge < -0.3 is 0 Å².